The van der Waals surface area contributed by atoms with Crippen molar-refractivity contribution in [1.82, 2.24) is 5.32 Å². The van der Waals surface area contributed by atoms with E-state index in [1.807, 2.05) is 26.0 Å². The van der Waals surface area contributed by atoms with Gasteiger partial charge in [0.05, 0.1) is 11.3 Å². The minimum atomic E-state index is -0.180. The van der Waals surface area contributed by atoms with Crippen LogP contribution in [-0.4, -0.2) is 30.8 Å². The van der Waals surface area contributed by atoms with Crippen molar-refractivity contribution in [3.8, 4) is 5.75 Å². The van der Waals surface area contributed by atoms with E-state index in [4.69, 9.17) is 15.2 Å². The lowest BCUT2D eigenvalue weighted by molar-refractivity contribution is -0.126. The molecule has 1 heterocycles. The third-order valence-electron chi connectivity index (χ3n) is 3.34. The van der Waals surface area contributed by atoms with Crippen molar-refractivity contribution in [3.05, 3.63) is 24.3 Å². The van der Waals surface area contributed by atoms with Gasteiger partial charge in [-0.3, -0.25) is 4.79 Å². The maximum Gasteiger partial charge on any atom is 0.258 e. The Kier molecular flexibility index (Phi) is 4.49. The van der Waals surface area contributed by atoms with Crippen molar-refractivity contribution in [1.29, 1.82) is 0 Å². The van der Waals surface area contributed by atoms with Crippen LogP contribution >= 0.6 is 0 Å². The Hall–Kier alpha value is -1.75. The number of carbonyl (C=O) groups is 1. The van der Waals surface area contributed by atoms with Gasteiger partial charge in [-0.2, -0.15) is 0 Å². The molecule has 1 aromatic carbocycles. The lowest BCUT2D eigenvalue weighted by Gasteiger charge is -2.35. The van der Waals surface area contributed by atoms with Crippen molar-refractivity contribution in [2.24, 2.45) is 0 Å². The molecule has 20 heavy (non-hydrogen) atoms. The molecular formula is C15H22N2O3. The van der Waals surface area contributed by atoms with Gasteiger partial charge >= 0.3 is 0 Å². The zero-order valence-corrected chi connectivity index (χ0v) is 12.0. The van der Waals surface area contributed by atoms with Crippen LogP contribution in [-0.2, 0) is 9.53 Å². The van der Waals surface area contributed by atoms with E-state index in [1.54, 1.807) is 12.1 Å². The van der Waals surface area contributed by atoms with E-state index < -0.39 is 0 Å². The van der Waals surface area contributed by atoms with Crippen LogP contribution in [0.15, 0.2) is 24.3 Å². The summed E-state index contributed by atoms with van der Waals surface area (Å²) in [6.45, 7) is 4.72. The summed E-state index contributed by atoms with van der Waals surface area (Å²) in [5.74, 6) is 0.408. The smallest absolute Gasteiger partial charge is 0.258 e. The Balaban J connectivity index is 1.80. The van der Waals surface area contributed by atoms with Gasteiger partial charge in [-0.05, 0) is 38.8 Å². The summed E-state index contributed by atoms with van der Waals surface area (Å²) in [7, 11) is 0. The number of hydrogen-bond donors (Lipinski definition) is 2. The van der Waals surface area contributed by atoms with Crippen molar-refractivity contribution in [3.63, 3.8) is 0 Å². The van der Waals surface area contributed by atoms with E-state index in [9.17, 15) is 4.79 Å². The Labute approximate surface area is 119 Å². The Morgan fingerprint density at radius 1 is 1.50 bits per heavy atom. The van der Waals surface area contributed by atoms with Crippen LogP contribution in [0.2, 0.25) is 0 Å². The van der Waals surface area contributed by atoms with E-state index in [0.717, 1.165) is 12.8 Å². The fourth-order valence-corrected chi connectivity index (χ4v) is 2.38. The summed E-state index contributed by atoms with van der Waals surface area (Å²) in [5.41, 5.74) is 6.11. The molecule has 0 aliphatic carbocycles. The average Bonchev–Trinajstić information content (AvgIpc) is 2.36. The quantitative estimate of drug-likeness (QED) is 0.822. The molecule has 1 aromatic rings. The summed E-state index contributed by atoms with van der Waals surface area (Å²) in [4.78, 5) is 11.9. The van der Waals surface area contributed by atoms with Crippen LogP contribution in [0.3, 0.4) is 0 Å². The second-order valence-corrected chi connectivity index (χ2v) is 5.69. The second kappa shape index (κ2) is 6.13. The number of nitrogens with one attached hydrogen (secondary N) is 1. The molecule has 0 bridgehead atoms. The first-order chi connectivity index (χ1) is 9.46. The SMILES string of the molecule is CC1(C)CC(NC(=O)COc2ccccc2N)CCO1. The lowest BCUT2D eigenvalue weighted by Crippen LogP contribution is -2.47. The van der Waals surface area contributed by atoms with Gasteiger partial charge in [0, 0.05) is 12.6 Å². The normalized spacial score (nSPS) is 21.2. The van der Waals surface area contributed by atoms with Crippen molar-refractivity contribution < 1.29 is 14.3 Å². The fourth-order valence-electron chi connectivity index (χ4n) is 2.38. The molecule has 5 heteroatoms. The first kappa shape index (κ1) is 14.7. The molecule has 5 nitrogen and oxygen atoms in total. The monoisotopic (exact) mass is 278 g/mol. The average molecular weight is 278 g/mol. The molecule has 1 aliphatic heterocycles. The van der Waals surface area contributed by atoms with E-state index >= 15 is 0 Å². The maximum absolute atomic E-state index is 11.9. The van der Waals surface area contributed by atoms with Crippen molar-refractivity contribution in [2.45, 2.75) is 38.3 Å². The third kappa shape index (κ3) is 4.13. The molecule has 1 atom stereocenters. The van der Waals surface area contributed by atoms with E-state index in [1.165, 1.54) is 0 Å². The maximum atomic E-state index is 11.9. The number of para-hydroxylation sites is 2. The number of anilines is 1. The van der Waals surface area contributed by atoms with Gasteiger partial charge in [0.2, 0.25) is 0 Å². The zero-order valence-electron chi connectivity index (χ0n) is 12.0. The number of nitrogens with two attached hydrogens (primary N) is 1. The predicted octanol–water partition coefficient (Wildman–Crippen LogP) is 1.72. The van der Waals surface area contributed by atoms with E-state index in [-0.39, 0.29) is 24.2 Å². The van der Waals surface area contributed by atoms with Gasteiger partial charge in [0.15, 0.2) is 6.61 Å². The second-order valence-electron chi connectivity index (χ2n) is 5.69. The molecule has 0 radical (unpaired) electrons. The topological polar surface area (TPSA) is 73.6 Å². The molecule has 1 aliphatic rings. The minimum absolute atomic E-state index is 0.0218. The molecule has 1 unspecified atom stereocenters. The first-order valence-electron chi connectivity index (χ1n) is 6.87. The van der Waals surface area contributed by atoms with Gasteiger partial charge in [-0.15, -0.1) is 0 Å². The highest BCUT2D eigenvalue weighted by molar-refractivity contribution is 5.78. The van der Waals surface area contributed by atoms with Gasteiger partial charge < -0.3 is 20.5 Å². The predicted molar refractivity (Wildman–Crippen MR) is 77.5 cm³/mol. The van der Waals surface area contributed by atoms with Crippen LogP contribution in [0, 0.1) is 0 Å². The van der Waals surface area contributed by atoms with Gasteiger partial charge in [-0.1, -0.05) is 12.1 Å². The Morgan fingerprint density at radius 2 is 2.25 bits per heavy atom. The van der Waals surface area contributed by atoms with Crippen molar-refractivity contribution in [2.75, 3.05) is 18.9 Å². The van der Waals surface area contributed by atoms with E-state index in [0.29, 0.717) is 18.0 Å². The summed E-state index contributed by atoms with van der Waals surface area (Å²) in [5, 5.41) is 2.98. The number of amides is 1. The van der Waals surface area contributed by atoms with Crippen LogP contribution in [0.5, 0.6) is 5.75 Å². The molecule has 1 amide bonds. The van der Waals surface area contributed by atoms with Crippen LogP contribution < -0.4 is 15.8 Å². The van der Waals surface area contributed by atoms with Crippen LogP contribution in [0.4, 0.5) is 5.69 Å². The van der Waals surface area contributed by atoms with Crippen LogP contribution in [0.25, 0.3) is 0 Å². The standard InChI is InChI=1S/C15H22N2O3/c1-15(2)9-11(7-8-20-15)17-14(18)10-19-13-6-4-3-5-12(13)16/h3-6,11H,7-10,16H2,1-2H3,(H,17,18). The molecule has 1 fully saturated rings. The highest BCUT2D eigenvalue weighted by Gasteiger charge is 2.29. The molecule has 0 spiro atoms. The molecule has 0 aromatic heterocycles. The number of rotatable bonds is 4. The summed E-state index contributed by atoms with van der Waals surface area (Å²) >= 11 is 0. The van der Waals surface area contributed by atoms with Gasteiger partial charge in [-0.25, -0.2) is 0 Å². The van der Waals surface area contributed by atoms with Gasteiger partial charge in [0.1, 0.15) is 5.75 Å². The van der Waals surface area contributed by atoms with E-state index in [2.05, 4.69) is 5.32 Å². The summed E-state index contributed by atoms with van der Waals surface area (Å²) < 4.78 is 11.0. The number of nitrogen functional groups attached to an aromatic ring is 1. The first-order valence-corrected chi connectivity index (χ1v) is 6.87. The lowest BCUT2D eigenvalue weighted by atomic mass is 9.94. The Morgan fingerprint density at radius 3 is 2.95 bits per heavy atom. The number of benzene rings is 1. The zero-order chi connectivity index (χ0) is 14.6. The number of hydrogen-bond acceptors (Lipinski definition) is 4. The number of ether oxygens (including phenoxy) is 2. The molecule has 1 saturated heterocycles. The largest absolute Gasteiger partial charge is 0.482 e. The molecule has 0 saturated carbocycles. The highest BCUT2D eigenvalue weighted by Crippen LogP contribution is 2.24. The van der Waals surface area contributed by atoms with Crippen molar-refractivity contribution >= 4 is 11.6 Å². The summed E-state index contributed by atoms with van der Waals surface area (Å²) in [6.07, 6.45) is 1.65. The van der Waals surface area contributed by atoms with Gasteiger partial charge in [0.25, 0.3) is 5.91 Å². The molecule has 110 valence electrons. The fraction of sp³-hybridized carbons (Fsp3) is 0.533. The number of carbonyl (C=O) groups excluding carboxylic acids is 1. The minimum Gasteiger partial charge on any atom is -0.482 e. The summed E-state index contributed by atoms with van der Waals surface area (Å²) in [6, 6.07) is 7.29. The molecule has 2 rings (SSSR count). The van der Waals surface area contributed by atoms with Crippen LogP contribution in [0.1, 0.15) is 26.7 Å². The third-order valence-corrected chi connectivity index (χ3v) is 3.34. The Bertz CT molecular complexity index is 474. The molecular weight excluding hydrogens is 256 g/mol. The molecule has 3 N–H and O–H groups in total. The highest BCUT2D eigenvalue weighted by atomic mass is 16.5.